The number of thiophene rings is 1. The average Bonchev–Trinajstić information content (AvgIpc) is 3.24. The highest BCUT2D eigenvalue weighted by atomic mass is 32.1. The summed E-state index contributed by atoms with van der Waals surface area (Å²) in [4.78, 5) is 3.91. The molecule has 0 aliphatic heterocycles. The second-order valence-electron chi connectivity index (χ2n) is 5.36. The maximum atomic E-state index is 9.20. The van der Waals surface area contributed by atoms with Crippen LogP contribution in [-0.2, 0) is 13.1 Å². The number of nitrogens with zero attached hydrogens (tertiary/aromatic N) is 2. The molecule has 1 aromatic heterocycles. The molecule has 1 saturated carbocycles. The van der Waals surface area contributed by atoms with Gasteiger partial charge in [0.1, 0.15) is 11.8 Å². The van der Waals surface area contributed by atoms with E-state index in [2.05, 4.69) is 34.5 Å². The first-order chi connectivity index (χ1) is 10.3. The maximum absolute atomic E-state index is 9.20. The van der Waals surface area contributed by atoms with Crippen LogP contribution in [0.5, 0.6) is 5.75 Å². The van der Waals surface area contributed by atoms with Gasteiger partial charge in [-0.3, -0.25) is 4.90 Å². The van der Waals surface area contributed by atoms with Gasteiger partial charge >= 0.3 is 0 Å². The fourth-order valence-corrected chi connectivity index (χ4v) is 3.26. The number of benzene rings is 1. The standard InChI is InChI=1S/C17H18N2OS/c1-20-17-7-4-13(9-14(17)10-18)11-19(15-5-6-15)12-16-3-2-8-21-16/h2-4,7-9,15H,5-6,11-12H2,1H3. The monoisotopic (exact) mass is 298 g/mol. The molecule has 1 aliphatic carbocycles. The van der Waals surface area contributed by atoms with Gasteiger partial charge in [-0.25, -0.2) is 0 Å². The van der Waals surface area contributed by atoms with E-state index in [4.69, 9.17) is 4.74 Å². The molecule has 2 aromatic rings. The molecule has 0 unspecified atom stereocenters. The summed E-state index contributed by atoms with van der Waals surface area (Å²) in [5, 5.41) is 11.3. The number of methoxy groups -OCH3 is 1. The van der Waals surface area contributed by atoms with Gasteiger partial charge in [0.2, 0.25) is 0 Å². The molecule has 0 bridgehead atoms. The van der Waals surface area contributed by atoms with Gasteiger partial charge in [-0.1, -0.05) is 12.1 Å². The Hall–Kier alpha value is -1.83. The molecule has 1 fully saturated rings. The van der Waals surface area contributed by atoms with Crippen LogP contribution in [0.2, 0.25) is 0 Å². The minimum absolute atomic E-state index is 0.613. The summed E-state index contributed by atoms with van der Waals surface area (Å²) in [7, 11) is 1.60. The molecule has 21 heavy (non-hydrogen) atoms. The Balaban J connectivity index is 1.75. The first kappa shape index (κ1) is 14.1. The van der Waals surface area contributed by atoms with Crippen LogP contribution in [0.4, 0.5) is 0 Å². The van der Waals surface area contributed by atoms with E-state index in [0.29, 0.717) is 17.4 Å². The van der Waals surface area contributed by atoms with E-state index in [-0.39, 0.29) is 0 Å². The van der Waals surface area contributed by atoms with E-state index in [1.807, 2.05) is 12.1 Å². The number of hydrogen-bond donors (Lipinski definition) is 0. The molecule has 4 heteroatoms. The second-order valence-corrected chi connectivity index (χ2v) is 6.39. The Morgan fingerprint density at radius 1 is 1.33 bits per heavy atom. The van der Waals surface area contributed by atoms with Crippen molar-refractivity contribution in [3.05, 3.63) is 51.7 Å². The second kappa shape index (κ2) is 6.30. The van der Waals surface area contributed by atoms with E-state index in [0.717, 1.165) is 13.1 Å². The average molecular weight is 298 g/mol. The number of ether oxygens (including phenoxy) is 1. The Labute approximate surface area is 129 Å². The van der Waals surface area contributed by atoms with Gasteiger partial charge in [-0.05, 0) is 42.0 Å². The molecule has 108 valence electrons. The molecule has 3 rings (SSSR count). The van der Waals surface area contributed by atoms with Crippen molar-refractivity contribution in [1.29, 1.82) is 5.26 Å². The molecule has 3 nitrogen and oxygen atoms in total. The van der Waals surface area contributed by atoms with Crippen LogP contribution in [0.25, 0.3) is 0 Å². The molecule has 1 heterocycles. The summed E-state index contributed by atoms with van der Waals surface area (Å²) in [6.07, 6.45) is 2.57. The Morgan fingerprint density at radius 3 is 2.81 bits per heavy atom. The topological polar surface area (TPSA) is 36.3 Å². The third-order valence-electron chi connectivity index (χ3n) is 3.77. The van der Waals surface area contributed by atoms with Gasteiger partial charge in [0.15, 0.2) is 0 Å². The molecule has 1 aromatic carbocycles. The Kier molecular flexibility index (Phi) is 4.23. The minimum atomic E-state index is 0.613. The van der Waals surface area contributed by atoms with Gasteiger partial charge in [-0.15, -0.1) is 11.3 Å². The molecular weight excluding hydrogens is 280 g/mol. The van der Waals surface area contributed by atoms with Crippen molar-refractivity contribution in [2.24, 2.45) is 0 Å². The molecular formula is C17H18N2OS. The maximum Gasteiger partial charge on any atom is 0.136 e. The third-order valence-corrected chi connectivity index (χ3v) is 4.63. The van der Waals surface area contributed by atoms with Crippen LogP contribution in [0.15, 0.2) is 35.7 Å². The van der Waals surface area contributed by atoms with Crippen molar-refractivity contribution in [2.45, 2.75) is 32.0 Å². The van der Waals surface area contributed by atoms with Crippen molar-refractivity contribution >= 4 is 11.3 Å². The minimum Gasteiger partial charge on any atom is -0.495 e. The highest BCUT2D eigenvalue weighted by Crippen LogP contribution is 2.31. The normalized spacial score (nSPS) is 14.1. The van der Waals surface area contributed by atoms with Crippen molar-refractivity contribution in [3.8, 4) is 11.8 Å². The summed E-state index contributed by atoms with van der Waals surface area (Å²) >= 11 is 1.81. The number of hydrogen-bond acceptors (Lipinski definition) is 4. The quantitative estimate of drug-likeness (QED) is 0.814. The van der Waals surface area contributed by atoms with Crippen molar-refractivity contribution < 1.29 is 4.74 Å². The zero-order valence-electron chi connectivity index (χ0n) is 12.1. The third kappa shape index (κ3) is 3.44. The molecule has 0 spiro atoms. The predicted octanol–water partition coefficient (Wildman–Crippen LogP) is 3.79. The molecule has 0 saturated heterocycles. The molecule has 1 aliphatic rings. The smallest absolute Gasteiger partial charge is 0.136 e. The zero-order valence-corrected chi connectivity index (χ0v) is 12.9. The fraction of sp³-hybridized carbons (Fsp3) is 0.353. The van der Waals surface area contributed by atoms with Crippen LogP contribution in [0.1, 0.15) is 28.8 Å². The van der Waals surface area contributed by atoms with Gasteiger partial charge in [0, 0.05) is 24.0 Å². The lowest BCUT2D eigenvalue weighted by Gasteiger charge is -2.21. The van der Waals surface area contributed by atoms with Crippen LogP contribution in [0, 0.1) is 11.3 Å². The summed E-state index contributed by atoms with van der Waals surface area (Å²) < 4.78 is 5.21. The van der Waals surface area contributed by atoms with Crippen molar-refractivity contribution in [3.63, 3.8) is 0 Å². The summed E-state index contributed by atoms with van der Waals surface area (Å²) in [5.41, 5.74) is 1.79. The van der Waals surface area contributed by atoms with Gasteiger partial charge in [0.25, 0.3) is 0 Å². The fourth-order valence-electron chi connectivity index (χ4n) is 2.53. The number of rotatable bonds is 6. The highest BCUT2D eigenvalue weighted by molar-refractivity contribution is 7.09. The first-order valence-electron chi connectivity index (χ1n) is 7.13. The van der Waals surface area contributed by atoms with Gasteiger partial charge < -0.3 is 4.74 Å². The summed E-state index contributed by atoms with van der Waals surface area (Å²) in [6.45, 7) is 1.89. The van der Waals surface area contributed by atoms with Crippen LogP contribution < -0.4 is 4.74 Å². The van der Waals surface area contributed by atoms with Crippen LogP contribution in [-0.4, -0.2) is 18.1 Å². The van der Waals surface area contributed by atoms with E-state index in [9.17, 15) is 5.26 Å². The Bertz CT molecular complexity index is 641. The van der Waals surface area contributed by atoms with E-state index >= 15 is 0 Å². The summed E-state index contributed by atoms with van der Waals surface area (Å²) in [5.74, 6) is 0.650. The zero-order chi connectivity index (χ0) is 14.7. The number of nitriles is 1. The van der Waals surface area contributed by atoms with E-state index in [1.54, 1.807) is 18.4 Å². The predicted molar refractivity (Wildman–Crippen MR) is 84.3 cm³/mol. The van der Waals surface area contributed by atoms with Crippen molar-refractivity contribution in [2.75, 3.05) is 7.11 Å². The van der Waals surface area contributed by atoms with E-state index < -0.39 is 0 Å². The van der Waals surface area contributed by atoms with Crippen LogP contribution in [0.3, 0.4) is 0 Å². The van der Waals surface area contributed by atoms with Crippen molar-refractivity contribution in [1.82, 2.24) is 4.90 Å². The van der Waals surface area contributed by atoms with Crippen LogP contribution >= 0.6 is 11.3 Å². The SMILES string of the molecule is COc1ccc(CN(Cc2cccs2)C2CC2)cc1C#N. The lowest BCUT2D eigenvalue weighted by molar-refractivity contribution is 0.248. The highest BCUT2D eigenvalue weighted by Gasteiger charge is 2.29. The Morgan fingerprint density at radius 2 is 2.19 bits per heavy atom. The lowest BCUT2D eigenvalue weighted by Crippen LogP contribution is -2.24. The first-order valence-corrected chi connectivity index (χ1v) is 8.01. The largest absolute Gasteiger partial charge is 0.495 e. The van der Waals surface area contributed by atoms with E-state index in [1.165, 1.54) is 23.3 Å². The molecule has 0 radical (unpaired) electrons. The molecule has 0 atom stereocenters. The van der Waals surface area contributed by atoms with Gasteiger partial charge in [0.05, 0.1) is 12.7 Å². The summed E-state index contributed by atoms with van der Waals surface area (Å²) in [6, 6.07) is 13.1. The molecule has 0 amide bonds. The molecule has 0 N–H and O–H groups in total. The van der Waals surface area contributed by atoms with Gasteiger partial charge in [-0.2, -0.15) is 5.26 Å². The lowest BCUT2D eigenvalue weighted by atomic mass is 10.1.